The summed E-state index contributed by atoms with van der Waals surface area (Å²) < 4.78 is 0. The van der Waals surface area contributed by atoms with E-state index in [1.165, 1.54) is 5.56 Å². The van der Waals surface area contributed by atoms with E-state index in [1.807, 2.05) is 37.3 Å². The number of likely N-dealkylation sites (N-methyl/N-ethyl adjacent to an activating group) is 1. The quantitative estimate of drug-likeness (QED) is 0.803. The average molecular weight is 337 g/mol. The predicted molar refractivity (Wildman–Crippen MR) is 95.8 cm³/mol. The highest BCUT2D eigenvalue weighted by Crippen LogP contribution is 2.18. The Labute approximate surface area is 148 Å². The SMILES string of the molecule is CCN(CCc1ccncc1)C(=O)C(=O)N1CCc2ccccc2C1. The van der Waals surface area contributed by atoms with E-state index >= 15 is 0 Å². The van der Waals surface area contributed by atoms with Crippen LogP contribution in [0.4, 0.5) is 0 Å². The van der Waals surface area contributed by atoms with Gasteiger partial charge in [-0.2, -0.15) is 0 Å². The molecular weight excluding hydrogens is 314 g/mol. The van der Waals surface area contributed by atoms with Crippen LogP contribution < -0.4 is 0 Å². The number of carbonyl (C=O) groups excluding carboxylic acids is 2. The van der Waals surface area contributed by atoms with Gasteiger partial charge in [0, 0.05) is 38.6 Å². The van der Waals surface area contributed by atoms with Gasteiger partial charge in [0.1, 0.15) is 0 Å². The van der Waals surface area contributed by atoms with Crippen molar-refractivity contribution >= 4 is 11.8 Å². The van der Waals surface area contributed by atoms with Gasteiger partial charge in [-0.3, -0.25) is 14.6 Å². The zero-order valence-corrected chi connectivity index (χ0v) is 14.5. The van der Waals surface area contributed by atoms with Crippen LogP contribution >= 0.6 is 0 Å². The van der Waals surface area contributed by atoms with Gasteiger partial charge in [-0.15, -0.1) is 0 Å². The topological polar surface area (TPSA) is 53.5 Å². The molecule has 0 unspecified atom stereocenters. The van der Waals surface area contributed by atoms with Crippen molar-refractivity contribution in [2.45, 2.75) is 26.3 Å². The molecule has 2 heterocycles. The molecule has 1 aliphatic rings. The molecule has 5 nitrogen and oxygen atoms in total. The number of hydrogen-bond acceptors (Lipinski definition) is 3. The van der Waals surface area contributed by atoms with Crippen LogP contribution in [0.3, 0.4) is 0 Å². The maximum absolute atomic E-state index is 12.6. The normalized spacial score (nSPS) is 13.2. The molecule has 0 fully saturated rings. The van der Waals surface area contributed by atoms with Crippen molar-refractivity contribution in [1.29, 1.82) is 0 Å². The first kappa shape index (κ1) is 17.1. The third-order valence-electron chi connectivity index (χ3n) is 4.69. The predicted octanol–water partition coefficient (Wildman–Crippen LogP) is 2.06. The maximum atomic E-state index is 12.6. The van der Waals surface area contributed by atoms with Crippen LogP contribution in [0.5, 0.6) is 0 Å². The van der Waals surface area contributed by atoms with Crippen molar-refractivity contribution in [3.05, 3.63) is 65.5 Å². The van der Waals surface area contributed by atoms with Gasteiger partial charge in [0.15, 0.2) is 0 Å². The van der Waals surface area contributed by atoms with Crippen LogP contribution in [-0.2, 0) is 29.0 Å². The first-order valence-electron chi connectivity index (χ1n) is 8.73. The second-order valence-electron chi connectivity index (χ2n) is 6.24. The molecule has 1 aliphatic heterocycles. The first-order valence-corrected chi connectivity index (χ1v) is 8.73. The third kappa shape index (κ3) is 4.05. The van der Waals surface area contributed by atoms with Crippen molar-refractivity contribution in [2.75, 3.05) is 19.6 Å². The van der Waals surface area contributed by atoms with Crippen molar-refractivity contribution in [1.82, 2.24) is 14.8 Å². The van der Waals surface area contributed by atoms with Crippen molar-refractivity contribution in [3.63, 3.8) is 0 Å². The molecule has 1 aromatic carbocycles. The summed E-state index contributed by atoms with van der Waals surface area (Å²) in [6.45, 7) is 4.09. The lowest BCUT2D eigenvalue weighted by molar-refractivity contribution is -0.152. The van der Waals surface area contributed by atoms with E-state index in [2.05, 4.69) is 11.1 Å². The Balaban J connectivity index is 1.61. The second kappa shape index (κ2) is 7.92. The zero-order valence-electron chi connectivity index (χ0n) is 14.5. The summed E-state index contributed by atoms with van der Waals surface area (Å²) in [5.74, 6) is -0.804. The number of nitrogens with zero attached hydrogens (tertiary/aromatic N) is 3. The molecule has 0 bridgehead atoms. The molecule has 0 atom stereocenters. The molecule has 2 amide bonds. The van der Waals surface area contributed by atoms with E-state index in [1.54, 1.807) is 22.2 Å². The highest BCUT2D eigenvalue weighted by Gasteiger charge is 2.28. The molecular formula is C20H23N3O2. The van der Waals surface area contributed by atoms with Gasteiger partial charge >= 0.3 is 11.8 Å². The monoisotopic (exact) mass is 337 g/mol. The van der Waals surface area contributed by atoms with Crippen LogP contribution in [0.2, 0.25) is 0 Å². The molecule has 0 N–H and O–H groups in total. The van der Waals surface area contributed by atoms with E-state index in [0.29, 0.717) is 26.2 Å². The highest BCUT2D eigenvalue weighted by atomic mass is 16.2. The van der Waals surface area contributed by atoms with Crippen LogP contribution in [-0.4, -0.2) is 46.2 Å². The van der Waals surface area contributed by atoms with Gasteiger partial charge in [-0.1, -0.05) is 24.3 Å². The standard InChI is InChI=1S/C20H23N3O2/c1-2-22(13-9-16-7-11-21-12-8-16)19(24)20(25)23-14-10-17-5-3-4-6-18(17)15-23/h3-8,11-12H,2,9-10,13-15H2,1H3. The molecule has 130 valence electrons. The molecule has 0 radical (unpaired) electrons. The minimum Gasteiger partial charge on any atom is -0.334 e. The average Bonchev–Trinajstić information content (AvgIpc) is 2.68. The number of hydrogen-bond donors (Lipinski definition) is 0. The van der Waals surface area contributed by atoms with Crippen molar-refractivity contribution in [3.8, 4) is 0 Å². The Kier molecular flexibility index (Phi) is 5.43. The highest BCUT2D eigenvalue weighted by molar-refractivity contribution is 6.34. The molecule has 0 aliphatic carbocycles. The number of aromatic nitrogens is 1. The van der Waals surface area contributed by atoms with E-state index < -0.39 is 11.8 Å². The van der Waals surface area contributed by atoms with Crippen LogP contribution in [0.1, 0.15) is 23.6 Å². The molecule has 0 saturated heterocycles. The Morgan fingerprint density at radius 1 is 1.12 bits per heavy atom. The Hall–Kier alpha value is -2.69. The smallest absolute Gasteiger partial charge is 0.312 e. The summed E-state index contributed by atoms with van der Waals surface area (Å²) in [5, 5.41) is 0. The Morgan fingerprint density at radius 2 is 1.84 bits per heavy atom. The Morgan fingerprint density at radius 3 is 2.56 bits per heavy atom. The lowest BCUT2D eigenvalue weighted by Crippen LogP contribution is -2.47. The summed E-state index contributed by atoms with van der Waals surface area (Å²) in [5.41, 5.74) is 3.51. The molecule has 3 rings (SSSR count). The fourth-order valence-corrected chi connectivity index (χ4v) is 3.16. The van der Waals surface area contributed by atoms with Gasteiger partial charge in [0.25, 0.3) is 0 Å². The number of pyridine rings is 1. The number of carbonyl (C=O) groups is 2. The van der Waals surface area contributed by atoms with E-state index in [4.69, 9.17) is 0 Å². The molecule has 1 aromatic heterocycles. The molecule has 25 heavy (non-hydrogen) atoms. The molecule has 5 heteroatoms. The first-order chi connectivity index (χ1) is 12.2. The minimum absolute atomic E-state index is 0.397. The summed E-state index contributed by atoms with van der Waals surface area (Å²) in [4.78, 5) is 32.6. The molecule has 0 saturated carbocycles. The van der Waals surface area contributed by atoms with Crippen molar-refractivity contribution in [2.24, 2.45) is 0 Å². The van der Waals surface area contributed by atoms with E-state index in [0.717, 1.165) is 24.0 Å². The van der Waals surface area contributed by atoms with Gasteiger partial charge < -0.3 is 9.80 Å². The third-order valence-corrected chi connectivity index (χ3v) is 4.69. The Bertz CT molecular complexity index is 746. The van der Waals surface area contributed by atoms with E-state index in [-0.39, 0.29) is 0 Å². The fraction of sp³-hybridized carbons (Fsp3) is 0.350. The van der Waals surface area contributed by atoms with Gasteiger partial charge in [0.2, 0.25) is 0 Å². The number of fused-ring (bicyclic) bond motifs is 1. The summed E-state index contributed by atoms with van der Waals surface area (Å²) in [6.07, 6.45) is 5.00. The van der Waals surface area contributed by atoms with E-state index in [9.17, 15) is 9.59 Å². The van der Waals surface area contributed by atoms with Gasteiger partial charge in [0.05, 0.1) is 0 Å². The lowest BCUT2D eigenvalue weighted by atomic mass is 10.00. The second-order valence-corrected chi connectivity index (χ2v) is 6.24. The number of amides is 2. The fourth-order valence-electron chi connectivity index (χ4n) is 3.16. The number of benzene rings is 1. The largest absolute Gasteiger partial charge is 0.334 e. The number of rotatable bonds is 4. The molecule has 0 spiro atoms. The zero-order chi connectivity index (χ0) is 17.6. The van der Waals surface area contributed by atoms with Crippen LogP contribution in [0.15, 0.2) is 48.8 Å². The molecule has 2 aromatic rings. The minimum atomic E-state index is -0.407. The van der Waals surface area contributed by atoms with Crippen molar-refractivity contribution < 1.29 is 9.59 Å². The summed E-state index contributed by atoms with van der Waals surface area (Å²) >= 11 is 0. The van der Waals surface area contributed by atoms with Gasteiger partial charge in [-0.05, 0) is 48.6 Å². The van der Waals surface area contributed by atoms with Crippen LogP contribution in [0.25, 0.3) is 0 Å². The summed E-state index contributed by atoms with van der Waals surface area (Å²) in [6, 6.07) is 12.0. The van der Waals surface area contributed by atoms with Crippen LogP contribution in [0, 0.1) is 0 Å². The van der Waals surface area contributed by atoms with Gasteiger partial charge in [-0.25, -0.2) is 0 Å². The lowest BCUT2D eigenvalue weighted by Gasteiger charge is -2.30. The summed E-state index contributed by atoms with van der Waals surface area (Å²) in [7, 11) is 0. The maximum Gasteiger partial charge on any atom is 0.312 e.